The molecule has 2 fully saturated rings. The van der Waals surface area contributed by atoms with E-state index in [2.05, 4.69) is 20.1 Å². The van der Waals surface area contributed by atoms with E-state index in [0.717, 1.165) is 55.6 Å². The third-order valence-corrected chi connectivity index (χ3v) is 9.36. The molecule has 0 spiro atoms. The smallest absolute Gasteiger partial charge is 0.444 e. The molecule has 7 rings (SSSR count). The van der Waals surface area contributed by atoms with Gasteiger partial charge in [-0.15, -0.1) is 10.2 Å². The van der Waals surface area contributed by atoms with Crippen molar-refractivity contribution < 1.29 is 31.8 Å². The Morgan fingerprint density at radius 3 is 2.46 bits per heavy atom. The molecule has 0 unspecified atom stereocenters. The molecule has 8 nitrogen and oxygen atoms in total. The summed E-state index contributed by atoms with van der Waals surface area (Å²) in [5.41, 5.74) is 3.69. The minimum absolute atomic E-state index is 0.0389. The van der Waals surface area contributed by atoms with Gasteiger partial charge in [0.1, 0.15) is 5.82 Å². The number of nitrogens with one attached hydrogen (secondary N) is 1. The largest absolute Gasteiger partial charge is 0.451 e. The summed E-state index contributed by atoms with van der Waals surface area (Å²) in [5.74, 6) is -1.29. The Morgan fingerprint density at radius 2 is 1.74 bits per heavy atom. The zero-order valence-electron chi connectivity index (χ0n) is 25.0. The molecule has 0 amide bonds. The normalized spacial score (nSPS) is 21.2. The van der Waals surface area contributed by atoms with Crippen molar-refractivity contribution in [3.63, 3.8) is 0 Å². The molecule has 242 valence electrons. The number of hydrogen-bond acceptors (Lipinski definition) is 7. The highest BCUT2D eigenvalue weighted by Crippen LogP contribution is 2.50. The molecule has 5 heterocycles. The molecule has 0 bridgehead atoms. The van der Waals surface area contributed by atoms with Gasteiger partial charge in [0.15, 0.2) is 17.3 Å². The van der Waals surface area contributed by atoms with Crippen LogP contribution < -0.4 is 9.47 Å². The number of rotatable bonds is 6. The summed E-state index contributed by atoms with van der Waals surface area (Å²) in [6.45, 7) is 5.19. The van der Waals surface area contributed by atoms with Crippen LogP contribution in [0, 0.1) is 5.82 Å². The summed E-state index contributed by atoms with van der Waals surface area (Å²) in [7, 11) is 0. The van der Waals surface area contributed by atoms with Crippen LogP contribution in [-0.2, 0) is 23.2 Å². The van der Waals surface area contributed by atoms with E-state index in [1.807, 2.05) is 24.3 Å². The predicted molar refractivity (Wildman–Crippen MR) is 161 cm³/mol. The van der Waals surface area contributed by atoms with Gasteiger partial charge < -0.3 is 19.2 Å². The van der Waals surface area contributed by atoms with Gasteiger partial charge in [-0.05, 0) is 86.5 Å². The van der Waals surface area contributed by atoms with Gasteiger partial charge in [0.25, 0.3) is 5.79 Å². The molecule has 2 aromatic carbocycles. The van der Waals surface area contributed by atoms with Gasteiger partial charge in [-0.3, -0.25) is 9.88 Å². The van der Waals surface area contributed by atoms with E-state index < -0.39 is 23.6 Å². The van der Waals surface area contributed by atoms with E-state index in [0.29, 0.717) is 41.8 Å². The van der Waals surface area contributed by atoms with Crippen molar-refractivity contribution in [2.75, 3.05) is 26.3 Å². The van der Waals surface area contributed by atoms with E-state index >= 15 is 0 Å². The van der Waals surface area contributed by atoms with E-state index in [1.165, 1.54) is 6.07 Å². The van der Waals surface area contributed by atoms with E-state index in [1.54, 1.807) is 25.3 Å². The van der Waals surface area contributed by atoms with Crippen LogP contribution in [0.25, 0.3) is 11.4 Å². The van der Waals surface area contributed by atoms with Gasteiger partial charge in [0, 0.05) is 49.0 Å². The van der Waals surface area contributed by atoms with Crippen molar-refractivity contribution in [1.29, 1.82) is 0 Å². The SMILES string of the molecule is C[C@]1(c2ccc(Cl)cc2F)Oc2cccc(C3CCN(Cc4ncc(-c5nnc(C(F)(F)F)[nH]5)cc4C4CCOCC4)CC3)c2O1. The number of alkyl halides is 3. The Labute approximate surface area is 268 Å². The molecule has 4 aromatic rings. The van der Waals surface area contributed by atoms with Crippen molar-refractivity contribution in [1.82, 2.24) is 25.1 Å². The highest BCUT2D eigenvalue weighted by molar-refractivity contribution is 6.30. The zero-order chi connectivity index (χ0) is 32.1. The third kappa shape index (κ3) is 6.05. The molecule has 1 N–H and O–H groups in total. The molecule has 46 heavy (non-hydrogen) atoms. The molecule has 1 atom stereocenters. The number of ether oxygens (including phenoxy) is 3. The molecular formula is C33H32ClF4N5O3. The molecular weight excluding hydrogens is 626 g/mol. The predicted octanol–water partition coefficient (Wildman–Crippen LogP) is 7.60. The first-order valence-corrected chi connectivity index (χ1v) is 15.7. The minimum atomic E-state index is -4.61. The molecule has 2 aromatic heterocycles. The maximum absolute atomic E-state index is 14.8. The lowest BCUT2D eigenvalue weighted by Gasteiger charge is -2.33. The fraction of sp³-hybridized carbons (Fsp3) is 0.424. The molecule has 0 radical (unpaired) electrons. The van der Waals surface area contributed by atoms with Crippen molar-refractivity contribution in [3.8, 4) is 22.9 Å². The first-order valence-electron chi connectivity index (χ1n) is 15.3. The zero-order valence-corrected chi connectivity index (χ0v) is 25.8. The first kappa shape index (κ1) is 30.9. The topological polar surface area (TPSA) is 85.4 Å². The summed E-state index contributed by atoms with van der Waals surface area (Å²) in [6.07, 6.45) is 0.316. The quantitative estimate of drug-likeness (QED) is 0.214. The van der Waals surface area contributed by atoms with Gasteiger partial charge in [0.05, 0.1) is 11.3 Å². The second-order valence-electron chi connectivity index (χ2n) is 12.2. The summed E-state index contributed by atoms with van der Waals surface area (Å²) in [4.78, 5) is 9.40. The lowest BCUT2D eigenvalue weighted by atomic mass is 9.87. The number of benzene rings is 2. The van der Waals surface area contributed by atoms with Crippen LogP contribution in [0.2, 0.25) is 5.02 Å². The number of H-pyrrole nitrogens is 1. The van der Waals surface area contributed by atoms with Crippen LogP contribution in [0.5, 0.6) is 11.5 Å². The Balaban J connectivity index is 1.07. The molecule has 3 aliphatic rings. The number of aromatic nitrogens is 4. The third-order valence-electron chi connectivity index (χ3n) is 9.13. The van der Waals surface area contributed by atoms with Crippen LogP contribution in [0.1, 0.15) is 72.7 Å². The highest BCUT2D eigenvalue weighted by atomic mass is 35.5. The summed E-state index contributed by atoms with van der Waals surface area (Å²) in [5, 5.41) is 7.32. The highest BCUT2D eigenvalue weighted by Gasteiger charge is 2.43. The molecule has 0 saturated carbocycles. The van der Waals surface area contributed by atoms with Crippen LogP contribution in [0.4, 0.5) is 17.6 Å². The van der Waals surface area contributed by atoms with Crippen molar-refractivity contribution in [3.05, 3.63) is 87.7 Å². The van der Waals surface area contributed by atoms with Gasteiger partial charge >= 0.3 is 6.18 Å². The number of fused-ring (bicyclic) bond motifs is 1. The number of halogens is 5. The number of para-hydroxylation sites is 1. The second kappa shape index (κ2) is 12.1. The number of likely N-dealkylation sites (tertiary alicyclic amines) is 1. The Hall–Kier alpha value is -3.74. The lowest BCUT2D eigenvalue weighted by molar-refractivity contribution is -0.144. The van der Waals surface area contributed by atoms with Gasteiger partial charge in [-0.2, -0.15) is 13.2 Å². The first-order chi connectivity index (χ1) is 22.1. The van der Waals surface area contributed by atoms with Crippen molar-refractivity contribution in [2.45, 2.75) is 63.0 Å². The van der Waals surface area contributed by atoms with Gasteiger partial charge in [-0.25, -0.2) is 4.39 Å². The Morgan fingerprint density at radius 1 is 0.978 bits per heavy atom. The van der Waals surface area contributed by atoms with E-state index in [-0.39, 0.29) is 23.2 Å². The van der Waals surface area contributed by atoms with Crippen LogP contribution in [-0.4, -0.2) is 51.4 Å². The monoisotopic (exact) mass is 657 g/mol. The standard InChI is InChI=1S/C33H32ClF4N5O3/c1-32(25-6-5-22(34)16-26(25)35)45-28-4-2-3-23(29(28)46-32)19-7-11-43(12-8-19)18-27-24(20-9-13-44-14-10-20)15-21(17-39-27)30-40-31(42-41-30)33(36,37)38/h2-6,15-17,19-20H,7-14,18H2,1H3,(H,40,41,42)/t32-/m0/s1. The van der Waals surface area contributed by atoms with Gasteiger partial charge in [-0.1, -0.05) is 23.7 Å². The summed E-state index contributed by atoms with van der Waals surface area (Å²) >= 11 is 5.97. The van der Waals surface area contributed by atoms with Crippen molar-refractivity contribution >= 4 is 11.6 Å². The van der Waals surface area contributed by atoms with Gasteiger partial charge in [0.2, 0.25) is 5.82 Å². The number of aromatic amines is 1. The Kier molecular flexibility index (Phi) is 8.14. The Bertz CT molecular complexity index is 1740. The number of nitrogens with zero attached hydrogens (tertiary/aromatic N) is 4. The number of hydrogen-bond donors (Lipinski definition) is 1. The lowest BCUT2D eigenvalue weighted by Crippen LogP contribution is -2.34. The molecule has 3 aliphatic heterocycles. The van der Waals surface area contributed by atoms with Crippen molar-refractivity contribution in [2.24, 2.45) is 0 Å². The second-order valence-corrected chi connectivity index (χ2v) is 12.6. The van der Waals surface area contributed by atoms with Crippen LogP contribution in [0.3, 0.4) is 0 Å². The van der Waals surface area contributed by atoms with Crippen LogP contribution >= 0.6 is 11.6 Å². The molecule has 2 saturated heterocycles. The fourth-order valence-corrected chi connectivity index (χ4v) is 6.86. The molecule has 13 heteroatoms. The fourth-order valence-electron chi connectivity index (χ4n) is 6.70. The minimum Gasteiger partial charge on any atom is -0.444 e. The van der Waals surface area contributed by atoms with Crippen LogP contribution in [0.15, 0.2) is 48.7 Å². The van der Waals surface area contributed by atoms with E-state index in [9.17, 15) is 17.6 Å². The number of pyridine rings is 1. The molecule has 0 aliphatic carbocycles. The maximum atomic E-state index is 14.8. The number of piperidine rings is 1. The average Bonchev–Trinajstić information content (AvgIpc) is 3.68. The van der Waals surface area contributed by atoms with E-state index in [4.69, 9.17) is 30.8 Å². The summed E-state index contributed by atoms with van der Waals surface area (Å²) < 4.78 is 72.4. The summed E-state index contributed by atoms with van der Waals surface area (Å²) in [6, 6.07) is 12.2. The average molecular weight is 658 g/mol. The maximum Gasteiger partial charge on any atom is 0.451 e.